The molecule has 3 aromatic rings. The van der Waals surface area contributed by atoms with Gasteiger partial charge in [-0.2, -0.15) is 0 Å². The van der Waals surface area contributed by atoms with Crippen molar-refractivity contribution >= 4 is 33.2 Å². The van der Waals surface area contributed by atoms with Crippen LogP contribution in [0.25, 0.3) is 11.1 Å². The summed E-state index contributed by atoms with van der Waals surface area (Å²) in [6.45, 7) is 0.207. The second kappa shape index (κ2) is 7.82. The lowest BCUT2D eigenvalue weighted by atomic mass is 10.0. The molecule has 1 aliphatic heterocycles. The van der Waals surface area contributed by atoms with E-state index in [9.17, 15) is 27.1 Å². The summed E-state index contributed by atoms with van der Waals surface area (Å²) in [6.07, 6.45) is 0.407. The van der Waals surface area contributed by atoms with Crippen LogP contribution in [0.4, 0.5) is 14.5 Å². The van der Waals surface area contributed by atoms with Gasteiger partial charge in [0.25, 0.3) is 15.9 Å². The molecular formula is C21H15ClF2N2O4S. The summed E-state index contributed by atoms with van der Waals surface area (Å²) in [5, 5.41) is 12.4. The minimum atomic E-state index is -4.59. The van der Waals surface area contributed by atoms with Gasteiger partial charge < -0.3 is 10.4 Å². The van der Waals surface area contributed by atoms with Gasteiger partial charge in [-0.25, -0.2) is 17.2 Å². The number of phenolic OH excluding ortho intramolecular Hbond substituents is 1. The predicted molar refractivity (Wildman–Crippen MR) is 112 cm³/mol. The molecule has 31 heavy (non-hydrogen) atoms. The molecule has 0 radical (unpaired) electrons. The molecule has 0 spiro atoms. The first-order valence-corrected chi connectivity index (χ1v) is 10.9. The molecule has 0 fully saturated rings. The van der Waals surface area contributed by atoms with E-state index in [0.29, 0.717) is 18.1 Å². The van der Waals surface area contributed by atoms with Gasteiger partial charge in [0, 0.05) is 23.7 Å². The van der Waals surface area contributed by atoms with Crippen molar-refractivity contribution in [1.82, 2.24) is 5.32 Å². The van der Waals surface area contributed by atoms with Crippen molar-refractivity contribution < 1.29 is 27.1 Å². The second-order valence-electron chi connectivity index (χ2n) is 6.93. The van der Waals surface area contributed by atoms with Gasteiger partial charge in [-0.1, -0.05) is 35.9 Å². The van der Waals surface area contributed by atoms with Crippen LogP contribution >= 0.6 is 11.6 Å². The Labute approximate surface area is 181 Å². The number of carbonyl (C=O) groups is 1. The zero-order valence-corrected chi connectivity index (χ0v) is 17.3. The third kappa shape index (κ3) is 4.06. The van der Waals surface area contributed by atoms with Crippen LogP contribution < -0.4 is 10.0 Å². The Balaban J connectivity index is 1.95. The number of sulfonamides is 1. The molecule has 0 saturated carbocycles. The smallest absolute Gasteiger partial charge is 0.265 e. The number of benzene rings is 3. The molecule has 0 unspecified atom stereocenters. The molecule has 0 aromatic heterocycles. The van der Waals surface area contributed by atoms with E-state index >= 15 is 0 Å². The van der Waals surface area contributed by atoms with Crippen LogP contribution in [0.3, 0.4) is 0 Å². The monoisotopic (exact) mass is 464 g/mol. The van der Waals surface area contributed by atoms with Crippen LogP contribution in [0.1, 0.15) is 15.9 Å². The molecule has 1 aliphatic rings. The van der Waals surface area contributed by atoms with Crippen molar-refractivity contribution in [3.63, 3.8) is 0 Å². The van der Waals surface area contributed by atoms with Crippen molar-refractivity contribution in [3.05, 3.63) is 76.3 Å². The number of carbonyl (C=O) groups excluding carboxylic acids is 1. The minimum absolute atomic E-state index is 0.0177. The summed E-state index contributed by atoms with van der Waals surface area (Å²) in [4.78, 5) is 11.8. The quantitative estimate of drug-likeness (QED) is 0.467. The zero-order valence-electron chi connectivity index (χ0n) is 15.7. The Morgan fingerprint density at radius 1 is 1.00 bits per heavy atom. The maximum Gasteiger partial charge on any atom is 0.265 e. The van der Waals surface area contributed by atoms with Gasteiger partial charge in [0.2, 0.25) is 0 Å². The van der Waals surface area contributed by atoms with Gasteiger partial charge in [0.05, 0.1) is 10.7 Å². The first-order valence-electron chi connectivity index (χ1n) is 9.07. The van der Waals surface area contributed by atoms with E-state index in [1.165, 1.54) is 0 Å². The van der Waals surface area contributed by atoms with E-state index in [2.05, 4.69) is 5.32 Å². The maximum absolute atomic E-state index is 14.5. The van der Waals surface area contributed by atoms with E-state index in [1.54, 1.807) is 24.3 Å². The summed E-state index contributed by atoms with van der Waals surface area (Å²) in [5.41, 5.74) is 0.538. The highest BCUT2D eigenvalue weighted by atomic mass is 35.5. The molecule has 3 aromatic carbocycles. The second-order valence-corrected chi connectivity index (χ2v) is 8.99. The topological polar surface area (TPSA) is 95.5 Å². The SMILES string of the molecule is O=C1NCCc2cccc(c2)-c2cc(c(F)cc2F)NS(=O)(=O)c2cc1cc(Cl)c2O. The van der Waals surface area contributed by atoms with E-state index in [4.69, 9.17) is 11.6 Å². The number of aromatic hydroxyl groups is 1. The third-order valence-electron chi connectivity index (χ3n) is 4.82. The van der Waals surface area contributed by atoms with Crippen LogP contribution in [-0.4, -0.2) is 26.0 Å². The number of halogens is 3. The lowest BCUT2D eigenvalue weighted by Gasteiger charge is -2.14. The highest BCUT2D eigenvalue weighted by molar-refractivity contribution is 7.92. The average molecular weight is 465 g/mol. The average Bonchev–Trinajstić information content (AvgIpc) is 2.71. The molecule has 10 heteroatoms. The Morgan fingerprint density at radius 2 is 1.77 bits per heavy atom. The first-order chi connectivity index (χ1) is 14.7. The molecule has 6 nitrogen and oxygen atoms in total. The number of hydrogen-bond acceptors (Lipinski definition) is 4. The van der Waals surface area contributed by atoms with E-state index in [0.717, 1.165) is 23.8 Å². The molecule has 6 bridgehead atoms. The van der Waals surface area contributed by atoms with Crippen LogP contribution in [0, 0.1) is 11.6 Å². The predicted octanol–water partition coefficient (Wildman–Crippen LogP) is 4.08. The highest BCUT2D eigenvalue weighted by Gasteiger charge is 2.26. The van der Waals surface area contributed by atoms with Crippen LogP contribution in [0.5, 0.6) is 5.75 Å². The largest absolute Gasteiger partial charge is 0.505 e. The number of fused-ring (bicyclic) bond motifs is 7. The molecule has 0 aliphatic carbocycles. The van der Waals surface area contributed by atoms with Gasteiger partial charge >= 0.3 is 0 Å². The number of rotatable bonds is 0. The zero-order chi connectivity index (χ0) is 22.3. The minimum Gasteiger partial charge on any atom is -0.505 e. The third-order valence-corrected chi connectivity index (χ3v) is 6.49. The summed E-state index contributed by atoms with van der Waals surface area (Å²) in [6, 6.07) is 10.4. The normalized spacial score (nSPS) is 15.3. The fourth-order valence-corrected chi connectivity index (χ4v) is 4.75. The summed E-state index contributed by atoms with van der Waals surface area (Å²) < 4.78 is 56.7. The van der Waals surface area contributed by atoms with Crippen LogP contribution in [0.2, 0.25) is 5.02 Å². The first kappa shape index (κ1) is 21.1. The van der Waals surface area contributed by atoms with Crippen molar-refractivity contribution in [3.8, 4) is 16.9 Å². The van der Waals surface area contributed by atoms with E-state index in [-0.39, 0.29) is 22.7 Å². The fraction of sp³-hybridized carbons (Fsp3) is 0.0952. The van der Waals surface area contributed by atoms with Crippen LogP contribution in [-0.2, 0) is 16.4 Å². The summed E-state index contributed by atoms with van der Waals surface area (Å²) in [5.74, 6) is -3.43. The molecule has 1 heterocycles. The number of nitrogens with one attached hydrogen (secondary N) is 2. The van der Waals surface area contributed by atoms with E-state index < -0.39 is 43.9 Å². The van der Waals surface area contributed by atoms with Crippen molar-refractivity contribution in [2.45, 2.75) is 11.3 Å². The molecule has 0 saturated heterocycles. The highest BCUT2D eigenvalue weighted by Crippen LogP contribution is 2.35. The van der Waals surface area contributed by atoms with Gasteiger partial charge in [0.1, 0.15) is 16.5 Å². The molecule has 1 amide bonds. The Morgan fingerprint density at radius 3 is 2.55 bits per heavy atom. The standard InChI is InChI=1S/C21H15ClF2N2O4S/c22-15-7-13-8-19(20(15)27)31(29,30)26-18-9-14(16(23)10-17(18)24)12-3-1-2-11(6-12)4-5-25-21(13)28/h1-3,6-10,26-27H,4-5H2,(H,25,28). The number of amides is 1. The van der Waals surface area contributed by atoms with Crippen LogP contribution in [0.15, 0.2) is 53.4 Å². The van der Waals surface area contributed by atoms with Gasteiger partial charge in [-0.3, -0.25) is 9.52 Å². The lowest BCUT2D eigenvalue weighted by molar-refractivity contribution is 0.0954. The van der Waals surface area contributed by atoms with E-state index in [1.807, 2.05) is 4.72 Å². The van der Waals surface area contributed by atoms with Gasteiger partial charge in [-0.15, -0.1) is 0 Å². The Bertz CT molecular complexity index is 1330. The number of anilines is 1. The number of hydrogen-bond donors (Lipinski definition) is 3. The molecule has 4 rings (SSSR count). The van der Waals surface area contributed by atoms with Crippen molar-refractivity contribution in [2.75, 3.05) is 11.3 Å². The van der Waals surface area contributed by atoms with Crippen molar-refractivity contribution in [1.29, 1.82) is 0 Å². The lowest BCUT2D eigenvalue weighted by Crippen LogP contribution is -2.26. The molecule has 0 atom stereocenters. The van der Waals surface area contributed by atoms with Crippen molar-refractivity contribution in [2.24, 2.45) is 0 Å². The van der Waals surface area contributed by atoms with Gasteiger partial charge in [0.15, 0.2) is 5.75 Å². The molecule has 160 valence electrons. The molecule has 3 N–H and O–H groups in total. The fourth-order valence-electron chi connectivity index (χ4n) is 3.27. The van der Waals surface area contributed by atoms with Gasteiger partial charge in [-0.05, 0) is 35.7 Å². The molecular weight excluding hydrogens is 450 g/mol. The number of phenols is 1. The summed E-state index contributed by atoms with van der Waals surface area (Å²) in [7, 11) is -4.59. The Kier molecular flexibility index (Phi) is 5.32. The summed E-state index contributed by atoms with van der Waals surface area (Å²) >= 11 is 5.92. The maximum atomic E-state index is 14.5. The Hall–Kier alpha value is -3.17.